The number of rotatable bonds is 2. The molecule has 0 fully saturated rings. The molecule has 0 bridgehead atoms. The lowest BCUT2D eigenvalue weighted by molar-refractivity contribution is -0.0518. The third-order valence-electron chi connectivity index (χ3n) is 1.95. The van der Waals surface area contributed by atoms with Crippen molar-refractivity contribution in [3.05, 3.63) is 34.1 Å². The molecule has 0 radical (unpaired) electrons. The summed E-state index contributed by atoms with van der Waals surface area (Å²) < 4.78 is 2.21. The molecule has 2 N–H and O–H groups in total. The summed E-state index contributed by atoms with van der Waals surface area (Å²) in [6.45, 7) is -0.0926. The second-order valence-electron chi connectivity index (χ2n) is 2.95. The molecule has 2 heterocycles. The normalized spacial score (nSPS) is 11.4. The molecule has 0 amide bonds. The van der Waals surface area contributed by atoms with Crippen LogP contribution in [-0.4, -0.2) is 21.1 Å². The van der Waals surface area contributed by atoms with Crippen LogP contribution < -0.4 is 5.56 Å². The van der Waals surface area contributed by atoms with Crippen LogP contribution >= 0.6 is 11.3 Å². The zero-order valence-corrected chi connectivity index (χ0v) is 8.07. The lowest BCUT2D eigenvalue weighted by atomic mass is 10.3. The lowest BCUT2D eigenvalue weighted by Gasteiger charge is -2.06. The highest BCUT2D eigenvalue weighted by Crippen LogP contribution is 2.16. The minimum Gasteiger partial charge on any atom is -0.367 e. The van der Waals surface area contributed by atoms with Crippen LogP contribution in [0.5, 0.6) is 0 Å². The number of fused-ring (bicyclic) bond motifs is 1. The largest absolute Gasteiger partial charge is 0.367 e. The van der Waals surface area contributed by atoms with E-state index in [2.05, 4.69) is 0 Å². The van der Waals surface area contributed by atoms with Crippen LogP contribution in [0.15, 0.2) is 28.5 Å². The van der Waals surface area contributed by atoms with Crippen LogP contribution in [0.3, 0.4) is 0 Å². The molecule has 0 aromatic carbocycles. The Bertz CT molecular complexity index is 500. The van der Waals surface area contributed by atoms with Gasteiger partial charge < -0.3 is 14.8 Å². The monoisotopic (exact) mass is 211 g/mol. The molecule has 74 valence electrons. The number of hydrogen-bond acceptors (Lipinski definition) is 4. The SMILES string of the molecule is O=c1c2ccsc2ccn1CC(O)O. The Labute approximate surface area is 83.7 Å². The maximum atomic E-state index is 11.7. The summed E-state index contributed by atoms with van der Waals surface area (Å²) in [5.41, 5.74) is -0.183. The molecule has 0 saturated heterocycles. The maximum Gasteiger partial charge on any atom is 0.259 e. The highest BCUT2D eigenvalue weighted by atomic mass is 32.1. The average Bonchev–Trinajstić information content (AvgIpc) is 2.57. The van der Waals surface area contributed by atoms with Crippen molar-refractivity contribution in [2.75, 3.05) is 0 Å². The first kappa shape index (κ1) is 9.39. The summed E-state index contributed by atoms with van der Waals surface area (Å²) in [6.07, 6.45) is 0.0736. The molecule has 14 heavy (non-hydrogen) atoms. The molecule has 0 spiro atoms. The molecular formula is C9H9NO3S. The van der Waals surface area contributed by atoms with Crippen molar-refractivity contribution < 1.29 is 10.2 Å². The van der Waals surface area contributed by atoms with Gasteiger partial charge >= 0.3 is 0 Å². The van der Waals surface area contributed by atoms with Crippen LogP contribution in [0.2, 0.25) is 0 Å². The summed E-state index contributed by atoms with van der Waals surface area (Å²) in [5, 5.41) is 20.0. The summed E-state index contributed by atoms with van der Waals surface area (Å²) in [5.74, 6) is 0. The van der Waals surface area contributed by atoms with E-state index in [1.165, 1.54) is 15.9 Å². The Hall–Kier alpha value is -1.17. The van der Waals surface area contributed by atoms with Crippen molar-refractivity contribution in [3.8, 4) is 0 Å². The van der Waals surface area contributed by atoms with E-state index in [-0.39, 0.29) is 12.1 Å². The predicted octanol–water partition coefficient (Wildman–Crippen LogP) is 0.374. The van der Waals surface area contributed by atoms with Crippen LogP contribution in [0, 0.1) is 0 Å². The van der Waals surface area contributed by atoms with Crippen molar-refractivity contribution in [3.63, 3.8) is 0 Å². The molecule has 0 aliphatic carbocycles. The molecule has 2 aromatic rings. The van der Waals surface area contributed by atoms with Gasteiger partial charge in [-0.2, -0.15) is 0 Å². The number of aliphatic hydroxyl groups is 2. The Morgan fingerprint density at radius 2 is 2.21 bits per heavy atom. The predicted molar refractivity (Wildman–Crippen MR) is 54.3 cm³/mol. The first-order chi connectivity index (χ1) is 6.68. The van der Waals surface area contributed by atoms with Gasteiger partial charge in [-0.1, -0.05) is 0 Å². The molecule has 0 unspecified atom stereocenters. The molecule has 0 aliphatic heterocycles. The molecule has 5 heteroatoms. The molecule has 0 saturated carbocycles. The fourth-order valence-corrected chi connectivity index (χ4v) is 2.10. The number of pyridine rings is 1. The van der Waals surface area contributed by atoms with Crippen molar-refractivity contribution in [2.45, 2.75) is 12.8 Å². The third-order valence-corrected chi connectivity index (χ3v) is 2.83. The lowest BCUT2D eigenvalue weighted by Crippen LogP contribution is -2.25. The fraction of sp³-hybridized carbons (Fsp3) is 0.222. The second-order valence-corrected chi connectivity index (χ2v) is 3.90. The molecule has 0 atom stereocenters. The van der Waals surface area contributed by atoms with E-state index in [4.69, 9.17) is 10.2 Å². The van der Waals surface area contributed by atoms with Crippen LogP contribution in [-0.2, 0) is 6.54 Å². The van der Waals surface area contributed by atoms with Crippen molar-refractivity contribution in [1.29, 1.82) is 0 Å². The topological polar surface area (TPSA) is 62.5 Å². The molecule has 2 aromatic heterocycles. The summed E-state index contributed by atoms with van der Waals surface area (Å²) in [4.78, 5) is 11.7. The number of aliphatic hydroxyl groups excluding tert-OH is 1. The second kappa shape index (κ2) is 3.53. The van der Waals surface area contributed by atoms with Crippen molar-refractivity contribution >= 4 is 21.4 Å². The highest BCUT2D eigenvalue weighted by Gasteiger charge is 2.05. The minimum absolute atomic E-state index is 0.0926. The summed E-state index contributed by atoms with van der Waals surface area (Å²) in [7, 11) is 0. The number of nitrogens with zero attached hydrogens (tertiary/aromatic N) is 1. The molecule has 4 nitrogen and oxygen atoms in total. The van der Waals surface area contributed by atoms with Crippen LogP contribution in [0.25, 0.3) is 10.1 Å². The van der Waals surface area contributed by atoms with E-state index in [1.54, 1.807) is 18.3 Å². The minimum atomic E-state index is -1.50. The zero-order chi connectivity index (χ0) is 10.1. The van der Waals surface area contributed by atoms with E-state index in [1.807, 2.05) is 5.38 Å². The van der Waals surface area contributed by atoms with Crippen molar-refractivity contribution in [2.24, 2.45) is 0 Å². The van der Waals surface area contributed by atoms with Crippen LogP contribution in [0.4, 0.5) is 0 Å². The molecular weight excluding hydrogens is 202 g/mol. The average molecular weight is 211 g/mol. The van der Waals surface area contributed by atoms with Crippen LogP contribution in [0.1, 0.15) is 0 Å². The van der Waals surface area contributed by atoms with Gasteiger partial charge in [0.2, 0.25) is 0 Å². The molecule has 0 aliphatic rings. The van der Waals surface area contributed by atoms with Gasteiger partial charge in [0, 0.05) is 10.9 Å². The standard InChI is InChI=1S/C9H9NO3S/c11-8(12)5-10-3-1-7-6(9(10)13)2-4-14-7/h1-4,8,11-12H,5H2. The van der Waals surface area contributed by atoms with Gasteiger partial charge in [0.1, 0.15) is 0 Å². The van der Waals surface area contributed by atoms with E-state index in [0.29, 0.717) is 5.39 Å². The van der Waals surface area contributed by atoms with Crippen molar-refractivity contribution in [1.82, 2.24) is 4.57 Å². The Kier molecular flexibility index (Phi) is 2.37. The van der Waals surface area contributed by atoms with E-state index < -0.39 is 6.29 Å². The maximum absolute atomic E-state index is 11.7. The summed E-state index contributed by atoms with van der Waals surface area (Å²) in [6, 6.07) is 3.53. The zero-order valence-electron chi connectivity index (χ0n) is 7.25. The highest BCUT2D eigenvalue weighted by molar-refractivity contribution is 7.17. The quantitative estimate of drug-likeness (QED) is 0.706. The van der Waals surface area contributed by atoms with Gasteiger partial charge in [0.05, 0.1) is 11.9 Å². The van der Waals surface area contributed by atoms with E-state index in [0.717, 1.165) is 4.70 Å². The third kappa shape index (κ3) is 1.57. The number of hydrogen-bond donors (Lipinski definition) is 2. The molecule has 2 rings (SSSR count). The Morgan fingerprint density at radius 1 is 1.43 bits per heavy atom. The van der Waals surface area contributed by atoms with Gasteiger partial charge in [0.15, 0.2) is 6.29 Å². The fourth-order valence-electron chi connectivity index (χ4n) is 1.33. The first-order valence-electron chi connectivity index (χ1n) is 4.11. The van der Waals surface area contributed by atoms with E-state index >= 15 is 0 Å². The number of thiophene rings is 1. The van der Waals surface area contributed by atoms with E-state index in [9.17, 15) is 4.79 Å². The van der Waals surface area contributed by atoms with Gasteiger partial charge in [-0.05, 0) is 17.5 Å². The van der Waals surface area contributed by atoms with Gasteiger partial charge in [-0.15, -0.1) is 11.3 Å². The smallest absolute Gasteiger partial charge is 0.259 e. The Morgan fingerprint density at radius 3 is 2.93 bits per heavy atom. The van der Waals surface area contributed by atoms with Gasteiger partial charge in [-0.25, -0.2) is 0 Å². The Balaban J connectivity index is 2.57. The van der Waals surface area contributed by atoms with Gasteiger partial charge in [-0.3, -0.25) is 4.79 Å². The number of aromatic nitrogens is 1. The van der Waals surface area contributed by atoms with Gasteiger partial charge in [0.25, 0.3) is 5.56 Å². The summed E-state index contributed by atoms with van der Waals surface area (Å²) >= 11 is 1.49. The first-order valence-corrected chi connectivity index (χ1v) is 4.99.